The Morgan fingerprint density at radius 2 is 2.30 bits per heavy atom. The first kappa shape index (κ1) is 16.1. The molecular formula is C16H23N5OS. The van der Waals surface area contributed by atoms with E-state index in [0.29, 0.717) is 12.3 Å². The molecule has 0 radical (unpaired) electrons. The van der Waals surface area contributed by atoms with Gasteiger partial charge in [-0.05, 0) is 32.6 Å². The maximum absolute atomic E-state index is 12.4. The Kier molecular flexibility index (Phi) is 5.05. The Morgan fingerprint density at radius 3 is 3.00 bits per heavy atom. The van der Waals surface area contributed by atoms with Crippen molar-refractivity contribution in [1.82, 2.24) is 24.6 Å². The fourth-order valence-electron chi connectivity index (χ4n) is 3.17. The number of aryl methyl sites for hydroxylation is 3. The molecule has 23 heavy (non-hydrogen) atoms. The molecule has 0 aliphatic carbocycles. The van der Waals surface area contributed by atoms with Crippen molar-refractivity contribution in [3.8, 4) is 0 Å². The first-order valence-electron chi connectivity index (χ1n) is 8.16. The number of carbonyl (C=O) groups excluding carboxylic acids is 1. The molecule has 1 aliphatic heterocycles. The number of likely N-dealkylation sites (tertiary alicyclic amines) is 1. The van der Waals surface area contributed by atoms with Crippen molar-refractivity contribution in [1.29, 1.82) is 0 Å². The van der Waals surface area contributed by atoms with Crippen molar-refractivity contribution in [3.63, 3.8) is 0 Å². The second kappa shape index (κ2) is 7.21. The zero-order chi connectivity index (χ0) is 16.2. The third kappa shape index (κ3) is 4.16. The summed E-state index contributed by atoms with van der Waals surface area (Å²) in [4.78, 5) is 23.0. The maximum Gasteiger partial charge on any atom is 0.222 e. The Hall–Kier alpha value is -1.76. The molecule has 0 aromatic carbocycles. The van der Waals surface area contributed by atoms with Crippen LogP contribution in [0.1, 0.15) is 35.9 Å². The minimum atomic E-state index is 0.247. The van der Waals surface area contributed by atoms with Crippen LogP contribution < -0.4 is 0 Å². The molecule has 6 nitrogen and oxygen atoms in total. The normalized spacial score (nSPS) is 18.3. The van der Waals surface area contributed by atoms with Gasteiger partial charge in [-0.3, -0.25) is 4.79 Å². The Bertz CT molecular complexity index is 651. The lowest BCUT2D eigenvalue weighted by Crippen LogP contribution is -2.41. The number of hydrogen-bond donors (Lipinski definition) is 0. The van der Waals surface area contributed by atoms with Crippen LogP contribution in [0.4, 0.5) is 0 Å². The molecule has 2 aromatic heterocycles. The van der Waals surface area contributed by atoms with E-state index in [2.05, 4.69) is 15.1 Å². The van der Waals surface area contributed by atoms with Crippen LogP contribution in [0.2, 0.25) is 0 Å². The van der Waals surface area contributed by atoms with Gasteiger partial charge in [-0.25, -0.2) is 14.6 Å². The summed E-state index contributed by atoms with van der Waals surface area (Å²) in [6.07, 6.45) is 5.32. The van der Waals surface area contributed by atoms with Crippen molar-refractivity contribution in [3.05, 3.63) is 28.2 Å². The highest BCUT2D eigenvalue weighted by Gasteiger charge is 2.24. The summed E-state index contributed by atoms with van der Waals surface area (Å²) in [5.74, 6) is 2.48. The first-order valence-corrected chi connectivity index (χ1v) is 9.04. The zero-order valence-electron chi connectivity index (χ0n) is 13.7. The number of nitrogens with zero attached hydrogens (tertiary/aromatic N) is 5. The fraction of sp³-hybridized carbons (Fsp3) is 0.625. The van der Waals surface area contributed by atoms with Crippen molar-refractivity contribution >= 4 is 17.2 Å². The summed E-state index contributed by atoms with van der Waals surface area (Å²) < 4.78 is 1.98. The average Bonchev–Trinajstić information content (AvgIpc) is 3.15. The molecule has 1 saturated heterocycles. The van der Waals surface area contributed by atoms with E-state index in [9.17, 15) is 4.79 Å². The molecule has 1 aliphatic rings. The number of hydrogen-bond acceptors (Lipinski definition) is 5. The van der Waals surface area contributed by atoms with Crippen molar-refractivity contribution in [2.24, 2.45) is 5.92 Å². The molecule has 0 saturated carbocycles. The fourth-order valence-corrected chi connectivity index (χ4v) is 3.79. The van der Waals surface area contributed by atoms with Gasteiger partial charge >= 0.3 is 0 Å². The molecule has 0 bridgehead atoms. The quantitative estimate of drug-likeness (QED) is 0.842. The van der Waals surface area contributed by atoms with Crippen LogP contribution in [0.3, 0.4) is 0 Å². The largest absolute Gasteiger partial charge is 0.342 e. The number of aromatic nitrogens is 4. The smallest absolute Gasteiger partial charge is 0.222 e. The summed E-state index contributed by atoms with van der Waals surface area (Å²) in [6.45, 7) is 6.46. The number of rotatable bonds is 5. The highest BCUT2D eigenvalue weighted by atomic mass is 32.1. The van der Waals surface area contributed by atoms with Crippen molar-refractivity contribution in [2.75, 3.05) is 13.1 Å². The molecule has 124 valence electrons. The third-order valence-electron chi connectivity index (χ3n) is 4.30. The van der Waals surface area contributed by atoms with Crippen molar-refractivity contribution < 1.29 is 4.79 Å². The lowest BCUT2D eigenvalue weighted by atomic mass is 9.97. The molecule has 0 N–H and O–H groups in total. The van der Waals surface area contributed by atoms with E-state index < -0.39 is 0 Å². The summed E-state index contributed by atoms with van der Waals surface area (Å²) in [5.41, 5.74) is 0. The minimum Gasteiger partial charge on any atom is -0.342 e. The molecular weight excluding hydrogens is 310 g/mol. The van der Waals surface area contributed by atoms with Gasteiger partial charge in [0.2, 0.25) is 5.91 Å². The molecule has 1 fully saturated rings. The van der Waals surface area contributed by atoms with Gasteiger partial charge in [0, 0.05) is 44.1 Å². The maximum atomic E-state index is 12.4. The van der Waals surface area contributed by atoms with Crippen LogP contribution in [0.5, 0.6) is 0 Å². The first-order chi connectivity index (χ1) is 11.1. The van der Waals surface area contributed by atoms with Crippen LogP contribution in [0, 0.1) is 19.8 Å². The van der Waals surface area contributed by atoms with Crippen LogP contribution in [0.25, 0.3) is 0 Å². The van der Waals surface area contributed by atoms with Gasteiger partial charge in [0.05, 0.1) is 5.01 Å². The van der Waals surface area contributed by atoms with Gasteiger partial charge in [0.1, 0.15) is 11.6 Å². The number of piperidine rings is 1. The molecule has 0 spiro atoms. The number of thiazole rings is 1. The molecule has 3 rings (SSSR count). The van der Waals surface area contributed by atoms with E-state index in [1.807, 2.05) is 28.8 Å². The Balaban J connectivity index is 1.53. The van der Waals surface area contributed by atoms with Crippen LogP contribution in [0.15, 0.2) is 11.6 Å². The lowest BCUT2D eigenvalue weighted by Gasteiger charge is -2.33. The predicted octanol–water partition coefficient (Wildman–Crippen LogP) is 2.22. The summed E-state index contributed by atoms with van der Waals surface area (Å²) >= 11 is 1.62. The van der Waals surface area contributed by atoms with Gasteiger partial charge in [0.15, 0.2) is 0 Å². The SMILES string of the molecule is Cc1nc(C)n(CC2CCCN(C(=O)CCc3nccs3)C2)n1. The third-order valence-corrected chi connectivity index (χ3v) is 5.14. The average molecular weight is 333 g/mol. The molecule has 1 amide bonds. The summed E-state index contributed by atoms with van der Waals surface area (Å²) in [5, 5.41) is 7.44. The monoisotopic (exact) mass is 333 g/mol. The van der Waals surface area contributed by atoms with E-state index in [1.54, 1.807) is 17.5 Å². The van der Waals surface area contributed by atoms with Gasteiger partial charge in [-0.2, -0.15) is 5.10 Å². The van der Waals surface area contributed by atoms with E-state index in [4.69, 9.17) is 0 Å². The van der Waals surface area contributed by atoms with E-state index in [1.165, 1.54) is 0 Å². The van der Waals surface area contributed by atoms with Crippen LogP contribution >= 0.6 is 11.3 Å². The molecule has 2 aromatic rings. The lowest BCUT2D eigenvalue weighted by molar-refractivity contribution is -0.133. The Labute approximate surface area is 140 Å². The van der Waals surface area contributed by atoms with E-state index in [0.717, 1.165) is 55.6 Å². The predicted molar refractivity (Wildman–Crippen MR) is 89.2 cm³/mol. The molecule has 1 atom stereocenters. The van der Waals surface area contributed by atoms with E-state index in [-0.39, 0.29) is 5.91 Å². The summed E-state index contributed by atoms with van der Waals surface area (Å²) in [6, 6.07) is 0. The Morgan fingerprint density at radius 1 is 1.43 bits per heavy atom. The van der Waals surface area contributed by atoms with Gasteiger partial charge < -0.3 is 4.90 Å². The van der Waals surface area contributed by atoms with E-state index >= 15 is 0 Å². The van der Waals surface area contributed by atoms with Gasteiger partial charge in [-0.15, -0.1) is 11.3 Å². The second-order valence-electron chi connectivity index (χ2n) is 6.16. The standard InChI is InChI=1S/C16H23N5OS/c1-12-18-13(2)21(19-12)11-14-4-3-8-20(10-14)16(22)6-5-15-17-7-9-23-15/h7,9,14H,3-6,8,10-11H2,1-2H3. The molecule has 1 unspecified atom stereocenters. The second-order valence-corrected chi connectivity index (χ2v) is 7.14. The molecule has 3 heterocycles. The highest BCUT2D eigenvalue weighted by molar-refractivity contribution is 7.09. The van der Waals surface area contributed by atoms with Crippen LogP contribution in [-0.2, 0) is 17.8 Å². The molecule has 7 heteroatoms. The zero-order valence-corrected chi connectivity index (χ0v) is 14.6. The summed E-state index contributed by atoms with van der Waals surface area (Å²) in [7, 11) is 0. The minimum absolute atomic E-state index is 0.247. The van der Waals surface area contributed by atoms with Crippen molar-refractivity contribution in [2.45, 2.75) is 46.1 Å². The number of carbonyl (C=O) groups is 1. The highest BCUT2D eigenvalue weighted by Crippen LogP contribution is 2.20. The number of amides is 1. The topological polar surface area (TPSA) is 63.9 Å². The van der Waals surface area contributed by atoms with Gasteiger partial charge in [-0.1, -0.05) is 0 Å². The van der Waals surface area contributed by atoms with Crippen LogP contribution in [-0.4, -0.2) is 43.6 Å². The van der Waals surface area contributed by atoms with Gasteiger partial charge in [0.25, 0.3) is 0 Å².